The zero-order chi connectivity index (χ0) is 15.2. The third-order valence-corrected chi connectivity index (χ3v) is 4.31. The second-order valence-electron chi connectivity index (χ2n) is 4.50. The van der Waals surface area contributed by atoms with Gasteiger partial charge in [0.15, 0.2) is 0 Å². The summed E-state index contributed by atoms with van der Waals surface area (Å²) in [6.07, 6.45) is 2.81. The summed E-state index contributed by atoms with van der Waals surface area (Å²) in [6.45, 7) is 4.68. The van der Waals surface area contributed by atoms with Crippen LogP contribution in [0.2, 0.25) is 0 Å². The van der Waals surface area contributed by atoms with Gasteiger partial charge in [-0.2, -0.15) is 5.26 Å². The van der Waals surface area contributed by atoms with E-state index in [-0.39, 0.29) is 0 Å². The van der Waals surface area contributed by atoms with Crippen molar-refractivity contribution in [3.05, 3.63) is 44.3 Å². The van der Waals surface area contributed by atoms with E-state index in [1.807, 2.05) is 36.6 Å². The fraction of sp³-hybridized carbons (Fsp3) is 0.250. The zero-order valence-corrected chi connectivity index (χ0v) is 14.3. The topological polar surface area (TPSA) is 45.9 Å². The minimum atomic E-state index is 0.572. The van der Waals surface area contributed by atoms with Crippen molar-refractivity contribution in [3.63, 3.8) is 0 Å². The molecule has 5 heteroatoms. The molecule has 0 radical (unpaired) electrons. The van der Waals surface area contributed by atoms with E-state index < -0.39 is 0 Å². The van der Waals surface area contributed by atoms with Gasteiger partial charge in [0.1, 0.15) is 16.8 Å². The Bertz CT molecular complexity index is 701. The maximum atomic E-state index is 9.30. The molecule has 108 valence electrons. The van der Waals surface area contributed by atoms with Crippen molar-refractivity contribution in [2.75, 3.05) is 6.61 Å². The van der Waals surface area contributed by atoms with Crippen molar-refractivity contribution in [3.8, 4) is 11.8 Å². The standard InChI is InChI=1S/C16H15BrN2OS/c1-3-6-20-15-5-4-12(8-14(15)17)7-13(9-18)16-19-11(2)10-21-16/h4-5,7-8,10H,3,6H2,1-2H3/b13-7-. The van der Waals surface area contributed by atoms with Gasteiger partial charge in [0.05, 0.1) is 16.7 Å². The fourth-order valence-electron chi connectivity index (χ4n) is 1.72. The monoisotopic (exact) mass is 362 g/mol. The van der Waals surface area contributed by atoms with E-state index in [2.05, 4.69) is 33.9 Å². The molecule has 0 aliphatic rings. The third kappa shape index (κ3) is 4.16. The van der Waals surface area contributed by atoms with Gasteiger partial charge in [-0.05, 0) is 53.0 Å². The summed E-state index contributed by atoms with van der Waals surface area (Å²) < 4.78 is 6.50. The second kappa shape index (κ2) is 7.39. The molecule has 0 N–H and O–H groups in total. The SMILES string of the molecule is CCCOc1ccc(/C=C(/C#N)c2nc(C)cs2)cc1Br. The average Bonchev–Trinajstić information content (AvgIpc) is 2.90. The quantitative estimate of drug-likeness (QED) is 0.697. The number of ether oxygens (including phenoxy) is 1. The summed E-state index contributed by atoms with van der Waals surface area (Å²) in [5, 5.41) is 12.0. The molecule has 3 nitrogen and oxygen atoms in total. The van der Waals surface area contributed by atoms with Crippen LogP contribution in [0.5, 0.6) is 5.75 Å². The Kier molecular flexibility index (Phi) is 5.54. The highest BCUT2D eigenvalue weighted by Gasteiger charge is 2.07. The van der Waals surface area contributed by atoms with Crippen LogP contribution in [0.15, 0.2) is 28.1 Å². The number of rotatable bonds is 5. The number of nitrogens with zero attached hydrogens (tertiary/aromatic N) is 2. The van der Waals surface area contributed by atoms with Gasteiger partial charge in [0, 0.05) is 11.1 Å². The van der Waals surface area contributed by atoms with Gasteiger partial charge in [-0.25, -0.2) is 4.98 Å². The van der Waals surface area contributed by atoms with Gasteiger partial charge < -0.3 is 4.74 Å². The number of benzene rings is 1. The number of aryl methyl sites for hydroxylation is 1. The van der Waals surface area contributed by atoms with Gasteiger partial charge in [-0.1, -0.05) is 13.0 Å². The minimum absolute atomic E-state index is 0.572. The Balaban J connectivity index is 2.27. The highest BCUT2D eigenvalue weighted by Crippen LogP contribution is 2.28. The van der Waals surface area contributed by atoms with E-state index in [9.17, 15) is 5.26 Å². The molecule has 0 aliphatic carbocycles. The Morgan fingerprint density at radius 3 is 2.90 bits per heavy atom. The summed E-state index contributed by atoms with van der Waals surface area (Å²) in [5.41, 5.74) is 2.44. The molecule has 0 unspecified atom stereocenters. The molecule has 0 saturated heterocycles. The van der Waals surface area contributed by atoms with Crippen molar-refractivity contribution in [1.29, 1.82) is 5.26 Å². The molecule has 2 aromatic rings. The zero-order valence-electron chi connectivity index (χ0n) is 11.9. The molecule has 1 heterocycles. The molecule has 0 bridgehead atoms. The van der Waals surface area contributed by atoms with Crippen LogP contribution in [0.4, 0.5) is 0 Å². The first-order valence-electron chi connectivity index (χ1n) is 6.60. The van der Waals surface area contributed by atoms with E-state index in [1.54, 1.807) is 0 Å². The Labute approximate surface area is 137 Å². The summed E-state index contributed by atoms with van der Waals surface area (Å²) in [7, 11) is 0. The molecule has 0 saturated carbocycles. The Morgan fingerprint density at radius 1 is 1.52 bits per heavy atom. The van der Waals surface area contributed by atoms with Gasteiger partial charge >= 0.3 is 0 Å². The number of aromatic nitrogens is 1. The van der Waals surface area contributed by atoms with Crippen molar-refractivity contribution in [2.24, 2.45) is 0 Å². The van der Waals surface area contributed by atoms with E-state index >= 15 is 0 Å². The second-order valence-corrected chi connectivity index (χ2v) is 6.21. The van der Waals surface area contributed by atoms with Crippen molar-refractivity contribution in [1.82, 2.24) is 4.98 Å². The first kappa shape index (κ1) is 15.7. The van der Waals surface area contributed by atoms with Crippen LogP contribution in [-0.2, 0) is 0 Å². The van der Waals surface area contributed by atoms with E-state index in [1.165, 1.54) is 11.3 Å². The molecule has 1 aromatic carbocycles. The molecule has 0 aliphatic heterocycles. The fourth-order valence-corrected chi connectivity index (χ4v) is 3.00. The number of hydrogen-bond acceptors (Lipinski definition) is 4. The first-order chi connectivity index (χ1) is 10.1. The summed E-state index contributed by atoms with van der Waals surface area (Å²) in [6, 6.07) is 8.01. The van der Waals surface area contributed by atoms with Crippen LogP contribution >= 0.6 is 27.3 Å². The third-order valence-electron chi connectivity index (χ3n) is 2.70. The molecule has 2 rings (SSSR count). The highest BCUT2D eigenvalue weighted by molar-refractivity contribution is 9.10. The van der Waals surface area contributed by atoms with Crippen molar-refractivity contribution >= 4 is 38.9 Å². The van der Waals surface area contributed by atoms with Crippen molar-refractivity contribution < 1.29 is 4.74 Å². The van der Waals surface area contributed by atoms with E-state index in [0.29, 0.717) is 12.2 Å². The molecule has 21 heavy (non-hydrogen) atoms. The Hall–Kier alpha value is -1.64. The summed E-state index contributed by atoms with van der Waals surface area (Å²) in [5.74, 6) is 0.817. The summed E-state index contributed by atoms with van der Waals surface area (Å²) in [4.78, 5) is 4.35. The van der Waals surface area contributed by atoms with Gasteiger partial charge in [-0.15, -0.1) is 11.3 Å². The molecular weight excluding hydrogens is 348 g/mol. The number of hydrogen-bond donors (Lipinski definition) is 0. The van der Waals surface area contributed by atoms with Gasteiger partial charge in [0.2, 0.25) is 0 Å². The largest absolute Gasteiger partial charge is 0.492 e. The van der Waals surface area contributed by atoms with Crippen LogP contribution in [-0.4, -0.2) is 11.6 Å². The van der Waals surface area contributed by atoms with Crippen LogP contribution < -0.4 is 4.74 Å². The van der Waals surface area contributed by atoms with Crippen LogP contribution in [0.25, 0.3) is 11.6 Å². The maximum absolute atomic E-state index is 9.30. The molecule has 0 spiro atoms. The molecule has 1 aromatic heterocycles. The number of allylic oxidation sites excluding steroid dienone is 1. The molecule has 0 amide bonds. The normalized spacial score (nSPS) is 11.2. The number of halogens is 1. The van der Waals surface area contributed by atoms with Crippen LogP contribution in [0, 0.1) is 18.3 Å². The Morgan fingerprint density at radius 2 is 2.33 bits per heavy atom. The lowest BCUT2D eigenvalue weighted by Crippen LogP contribution is -1.95. The van der Waals surface area contributed by atoms with Gasteiger partial charge in [-0.3, -0.25) is 0 Å². The van der Waals surface area contributed by atoms with E-state index in [4.69, 9.17) is 4.74 Å². The van der Waals surface area contributed by atoms with E-state index in [0.717, 1.165) is 32.9 Å². The first-order valence-corrected chi connectivity index (χ1v) is 8.28. The molecule has 0 atom stereocenters. The minimum Gasteiger partial charge on any atom is -0.492 e. The number of thiazole rings is 1. The maximum Gasteiger partial charge on any atom is 0.134 e. The molecule has 0 fully saturated rings. The van der Waals surface area contributed by atoms with Crippen molar-refractivity contribution in [2.45, 2.75) is 20.3 Å². The average molecular weight is 363 g/mol. The summed E-state index contributed by atoms with van der Waals surface area (Å²) >= 11 is 4.98. The lowest BCUT2D eigenvalue weighted by atomic mass is 10.1. The van der Waals surface area contributed by atoms with Crippen LogP contribution in [0.3, 0.4) is 0 Å². The lowest BCUT2D eigenvalue weighted by Gasteiger charge is -2.07. The number of nitriles is 1. The van der Waals surface area contributed by atoms with Gasteiger partial charge in [0.25, 0.3) is 0 Å². The smallest absolute Gasteiger partial charge is 0.134 e. The highest BCUT2D eigenvalue weighted by atomic mass is 79.9. The lowest BCUT2D eigenvalue weighted by molar-refractivity contribution is 0.315. The predicted molar refractivity (Wildman–Crippen MR) is 90.3 cm³/mol. The van der Waals surface area contributed by atoms with Crippen LogP contribution in [0.1, 0.15) is 29.6 Å². The predicted octanol–water partition coefficient (Wildman–Crippen LogP) is 5.07. The molecular formula is C16H15BrN2OS.